The molecular formula is C16H18N6O2. The summed E-state index contributed by atoms with van der Waals surface area (Å²) in [4.78, 5) is 22.7. The minimum atomic E-state index is -0.169. The average Bonchev–Trinajstić information content (AvgIpc) is 3.26. The van der Waals surface area contributed by atoms with E-state index in [0.29, 0.717) is 41.8 Å². The standard InChI is InChI=1S/C16H18N6O2/c1-22(2)15-11(5-3-8-17-15)16(23)18-9-7-13-19-14(21-20-13)12-6-4-10-24-12/h3-6,8,10H,7,9H2,1-2H3,(H,18,23)(H,19,20,21). The quantitative estimate of drug-likeness (QED) is 0.712. The van der Waals surface area contributed by atoms with Gasteiger partial charge >= 0.3 is 0 Å². The number of nitrogens with zero attached hydrogens (tertiary/aromatic N) is 4. The number of hydrogen-bond donors (Lipinski definition) is 2. The first kappa shape index (κ1) is 15.7. The second kappa shape index (κ2) is 6.95. The van der Waals surface area contributed by atoms with Crippen LogP contribution in [0.25, 0.3) is 11.6 Å². The van der Waals surface area contributed by atoms with Gasteiger partial charge in [0.15, 0.2) is 5.76 Å². The first-order valence-electron chi connectivity index (χ1n) is 7.51. The van der Waals surface area contributed by atoms with E-state index >= 15 is 0 Å². The lowest BCUT2D eigenvalue weighted by Crippen LogP contribution is -2.28. The SMILES string of the molecule is CN(C)c1ncccc1C(=O)NCCc1nc(-c2ccco2)n[nH]1. The molecule has 124 valence electrons. The van der Waals surface area contributed by atoms with Gasteiger partial charge in [-0.05, 0) is 24.3 Å². The Bertz CT molecular complexity index is 810. The highest BCUT2D eigenvalue weighted by Gasteiger charge is 2.14. The molecule has 0 saturated heterocycles. The Morgan fingerprint density at radius 3 is 2.96 bits per heavy atom. The van der Waals surface area contributed by atoms with E-state index in [1.54, 1.807) is 41.6 Å². The number of hydrogen-bond acceptors (Lipinski definition) is 6. The predicted octanol–water partition coefficient (Wildman–Crippen LogP) is 1.50. The summed E-state index contributed by atoms with van der Waals surface area (Å²) in [5.74, 6) is 2.25. The molecule has 0 aliphatic heterocycles. The summed E-state index contributed by atoms with van der Waals surface area (Å²) >= 11 is 0. The lowest BCUT2D eigenvalue weighted by Gasteiger charge is -2.15. The molecular weight excluding hydrogens is 308 g/mol. The molecule has 0 bridgehead atoms. The molecule has 0 saturated carbocycles. The maximum Gasteiger partial charge on any atom is 0.255 e. The first-order chi connectivity index (χ1) is 11.6. The van der Waals surface area contributed by atoms with Crippen LogP contribution in [0.15, 0.2) is 41.1 Å². The molecule has 8 nitrogen and oxygen atoms in total. The number of pyridine rings is 1. The van der Waals surface area contributed by atoms with Crippen LogP contribution in [0.4, 0.5) is 5.82 Å². The van der Waals surface area contributed by atoms with Gasteiger partial charge in [0.25, 0.3) is 5.91 Å². The highest BCUT2D eigenvalue weighted by molar-refractivity contribution is 5.98. The third-order valence-corrected chi connectivity index (χ3v) is 3.38. The Balaban J connectivity index is 1.58. The second-order valence-electron chi connectivity index (χ2n) is 5.36. The van der Waals surface area contributed by atoms with E-state index in [4.69, 9.17) is 4.42 Å². The topological polar surface area (TPSA) is 99.9 Å². The summed E-state index contributed by atoms with van der Waals surface area (Å²) in [6.07, 6.45) is 3.77. The molecule has 24 heavy (non-hydrogen) atoms. The van der Waals surface area contributed by atoms with Crippen LogP contribution in [0, 0.1) is 0 Å². The monoisotopic (exact) mass is 326 g/mol. The number of carbonyl (C=O) groups excluding carboxylic acids is 1. The number of H-pyrrole nitrogens is 1. The fraction of sp³-hybridized carbons (Fsp3) is 0.250. The molecule has 0 aliphatic rings. The summed E-state index contributed by atoms with van der Waals surface area (Å²) in [7, 11) is 3.70. The van der Waals surface area contributed by atoms with Crippen molar-refractivity contribution >= 4 is 11.7 Å². The van der Waals surface area contributed by atoms with E-state index in [0.717, 1.165) is 0 Å². The zero-order valence-corrected chi connectivity index (χ0v) is 13.5. The largest absolute Gasteiger partial charge is 0.461 e. The number of aromatic nitrogens is 4. The van der Waals surface area contributed by atoms with Crippen LogP contribution >= 0.6 is 0 Å². The lowest BCUT2D eigenvalue weighted by molar-refractivity contribution is 0.0954. The van der Waals surface area contributed by atoms with Crippen molar-refractivity contribution in [1.29, 1.82) is 0 Å². The third kappa shape index (κ3) is 3.43. The number of aromatic amines is 1. The summed E-state index contributed by atoms with van der Waals surface area (Å²) in [6, 6.07) is 7.07. The maximum absolute atomic E-state index is 12.3. The number of carbonyl (C=O) groups is 1. The highest BCUT2D eigenvalue weighted by Crippen LogP contribution is 2.15. The van der Waals surface area contributed by atoms with Gasteiger partial charge in [0.2, 0.25) is 5.82 Å². The Morgan fingerprint density at radius 2 is 2.21 bits per heavy atom. The summed E-state index contributed by atoms with van der Waals surface area (Å²) in [6.45, 7) is 0.438. The number of anilines is 1. The summed E-state index contributed by atoms with van der Waals surface area (Å²) < 4.78 is 5.24. The van der Waals surface area contributed by atoms with Crippen molar-refractivity contribution in [2.24, 2.45) is 0 Å². The van der Waals surface area contributed by atoms with Crippen molar-refractivity contribution in [3.8, 4) is 11.6 Å². The van der Waals surface area contributed by atoms with E-state index in [2.05, 4.69) is 25.5 Å². The predicted molar refractivity (Wildman–Crippen MR) is 88.7 cm³/mol. The van der Waals surface area contributed by atoms with Crippen LogP contribution in [-0.2, 0) is 6.42 Å². The van der Waals surface area contributed by atoms with Gasteiger partial charge in [0.05, 0.1) is 11.8 Å². The second-order valence-corrected chi connectivity index (χ2v) is 5.36. The normalized spacial score (nSPS) is 10.6. The number of rotatable bonds is 6. The Hall–Kier alpha value is -3.16. The van der Waals surface area contributed by atoms with Crippen molar-refractivity contribution in [2.75, 3.05) is 25.5 Å². The van der Waals surface area contributed by atoms with Crippen LogP contribution in [0.5, 0.6) is 0 Å². The molecule has 0 aromatic carbocycles. The van der Waals surface area contributed by atoms with Gasteiger partial charge in [-0.2, -0.15) is 5.10 Å². The van der Waals surface area contributed by atoms with Gasteiger partial charge in [-0.25, -0.2) is 9.97 Å². The minimum absolute atomic E-state index is 0.169. The molecule has 1 amide bonds. The van der Waals surface area contributed by atoms with Crippen molar-refractivity contribution in [3.05, 3.63) is 48.1 Å². The van der Waals surface area contributed by atoms with Crippen LogP contribution < -0.4 is 10.2 Å². The van der Waals surface area contributed by atoms with Crippen molar-refractivity contribution in [1.82, 2.24) is 25.5 Å². The van der Waals surface area contributed by atoms with E-state index in [9.17, 15) is 4.79 Å². The average molecular weight is 326 g/mol. The third-order valence-electron chi connectivity index (χ3n) is 3.38. The van der Waals surface area contributed by atoms with Crippen molar-refractivity contribution in [3.63, 3.8) is 0 Å². The van der Waals surface area contributed by atoms with Gasteiger partial charge in [-0.1, -0.05) is 0 Å². The van der Waals surface area contributed by atoms with Gasteiger partial charge in [0.1, 0.15) is 11.6 Å². The molecule has 0 aliphatic carbocycles. The zero-order valence-electron chi connectivity index (χ0n) is 13.5. The van der Waals surface area contributed by atoms with E-state index in [1.165, 1.54) is 0 Å². The van der Waals surface area contributed by atoms with Gasteiger partial charge in [0, 0.05) is 33.3 Å². The molecule has 0 unspecified atom stereocenters. The van der Waals surface area contributed by atoms with Crippen LogP contribution in [0.3, 0.4) is 0 Å². The molecule has 0 spiro atoms. The zero-order chi connectivity index (χ0) is 16.9. The molecule has 3 heterocycles. The summed E-state index contributed by atoms with van der Waals surface area (Å²) in [5, 5.41) is 9.81. The van der Waals surface area contributed by atoms with E-state index < -0.39 is 0 Å². The maximum atomic E-state index is 12.3. The smallest absolute Gasteiger partial charge is 0.255 e. The molecule has 3 rings (SSSR count). The van der Waals surface area contributed by atoms with E-state index in [-0.39, 0.29) is 5.91 Å². The van der Waals surface area contributed by atoms with Gasteiger partial charge < -0.3 is 14.6 Å². The Morgan fingerprint density at radius 1 is 1.33 bits per heavy atom. The molecule has 3 aromatic heterocycles. The van der Waals surface area contributed by atoms with E-state index in [1.807, 2.05) is 14.1 Å². The summed E-state index contributed by atoms with van der Waals surface area (Å²) in [5.41, 5.74) is 0.538. The van der Waals surface area contributed by atoms with Crippen molar-refractivity contribution < 1.29 is 9.21 Å². The van der Waals surface area contributed by atoms with Gasteiger partial charge in [-0.3, -0.25) is 9.89 Å². The number of furan rings is 1. The van der Waals surface area contributed by atoms with Crippen molar-refractivity contribution in [2.45, 2.75) is 6.42 Å². The fourth-order valence-electron chi connectivity index (χ4n) is 2.24. The fourth-order valence-corrected chi connectivity index (χ4v) is 2.24. The Labute approximate surface area is 138 Å². The highest BCUT2D eigenvalue weighted by atomic mass is 16.3. The lowest BCUT2D eigenvalue weighted by atomic mass is 10.2. The number of amides is 1. The van der Waals surface area contributed by atoms with Crippen LogP contribution in [-0.4, -0.2) is 46.7 Å². The number of nitrogens with one attached hydrogen (secondary N) is 2. The van der Waals surface area contributed by atoms with Crippen LogP contribution in [0.1, 0.15) is 16.2 Å². The first-order valence-corrected chi connectivity index (χ1v) is 7.51. The Kier molecular flexibility index (Phi) is 4.55. The van der Waals surface area contributed by atoms with Crippen LogP contribution in [0.2, 0.25) is 0 Å². The molecule has 8 heteroatoms. The molecule has 0 radical (unpaired) electrons. The van der Waals surface area contributed by atoms with Gasteiger partial charge in [-0.15, -0.1) is 0 Å². The molecule has 0 atom stereocenters. The minimum Gasteiger partial charge on any atom is -0.461 e. The molecule has 0 fully saturated rings. The molecule has 3 aromatic rings. The molecule has 2 N–H and O–H groups in total.